The van der Waals surface area contributed by atoms with Crippen LogP contribution in [0.25, 0.3) is 0 Å². The first-order valence-corrected chi connectivity index (χ1v) is 7.32. The second-order valence-electron chi connectivity index (χ2n) is 5.13. The molecule has 2 N–H and O–H groups in total. The molecule has 0 atom stereocenters. The van der Waals surface area contributed by atoms with Crippen molar-refractivity contribution in [2.24, 2.45) is 0 Å². The average Bonchev–Trinajstić information content (AvgIpc) is 2.54. The zero-order chi connectivity index (χ0) is 15.9. The molecule has 2 rings (SSSR count). The molecule has 0 unspecified atom stereocenters. The number of para-hydroxylation sites is 1. The molecule has 0 saturated carbocycles. The molecule has 0 saturated heterocycles. The fourth-order valence-corrected chi connectivity index (χ4v) is 2.10. The molecular formula is C18H20N2O2. The van der Waals surface area contributed by atoms with Gasteiger partial charge in [-0.25, -0.2) is 0 Å². The second kappa shape index (κ2) is 7.41. The zero-order valence-electron chi connectivity index (χ0n) is 12.8. The third-order valence-electron chi connectivity index (χ3n) is 3.43. The Balaban J connectivity index is 1.92. The highest BCUT2D eigenvalue weighted by Crippen LogP contribution is 2.15. The van der Waals surface area contributed by atoms with Gasteiger partial charge in [-0.3, -0.25) is 9.59 Å². The molecule has 2 aromatic carbocycles. The molecular weight excluding hydrogens is 276 g/mol. The van der Waals surface area contributed by atoms with Crippen molar-refractivity contribution in [1.29, 1.82) is 0 Å². The Labute approximate surface area is 130 Å². The van der Waals surface area contributed by atoms with E-state index in [1.54, 1.807) is 6.07 Å². The van der Waals surface area contributed by atoms with E-state index in [2.05, 4.69) is 10.6 Å². The highest BCUT2D eigenvalue weighted by molar-refractivity contribution is 6.39. The number of anilines is 1. The van der Waals surface area contributed by atoms with E-state index in [1.807, 2.05) is 56.3 Å². The lowest BCUT2D eigenvalue weighted by molar-refractivity contribution is -0.136. The molecule has 22 heavy (non-hydrogen) atoms. The maximum atomic E-state index is 11.9. The van der Waals surface area contributed by atoms with Crippen molar-refractivity contribution in [2.45, 2.75) is 26.8 Å². The summed E-state index contributed by atoms with van der Waals surface area (Å²) in [6, 6.07) is 15.3. The first kappa shape index (κ1) is 15.8. The molecule has 0 bridgehead atoms. The van der Waals surface area contributed by atoms with Crippen molar-refractivity contribution in [3.05, 3.63) is 65.2 Å². The van der Waals surface area contributed by atoms with Gasteiger partial charge < -0.3 is 10.6 Å². The van der Waals surface area contributed by atoms with Crippen LogP contribution in [0.5, 0.6) is 0 Å². The third-order valence-corrected chi connectivity index (χ3v) is 3.43. The first-order valence-electron chi connectivity index (χ1n) is 7.32. The van der Waals surface area contributed by atoms with Gasteiger partial charge in [0.1, 0.15) is 0 Å². The molecule has 114 valence electrons. The van der Waals surface area contributed by atoms with Gasteiger partial charge in [0.05, 0.1) is 0 Å². The topological polar surface area (TPSA) is 58.2 Å². The molecule has 0 aliphatic rings. The van der Waals surface area contributed by atoms with Gasteiger partial charge in [0.15, 0.2) is 0 Å². The van der Waals surface area contributed by atoms with Crippen LogP contribution in [0.3, 0.4) is 0 Å². The molecule has 0 radical (unpaired) electrons. The van der Waals surface area contributed by atoms with Gasteiger partial charge in [-0.05, 0) is 30.5 Å². The lowest BCUT2D eigenvalue weighted by atomic mass is 10.1. The van der Waals surface area contributed by atoms with Crippen LogP contribution in [0.2, 0.25) is 0 Å². The predicted molar refractivity (Wildman–Crippen MR) is 87.5 cm³/mol. The van der Waals surface area contributed by atoms with Gasteiger partial charge in [0.25, 0.3) is 0 Å². The summed E-state index contributed by atoms with van der Waals surface area (Å²) in [5.41, 5.74) is 3.80. The number of benzene rings is 2. The van der Waals surface area contributed by atoms with Crippen LogP contribution < -0.4 is 10.6 Å². The second-order valence-corrected chi connectivity index (χ2v) is 5.13. The van der Waals surface area contributed by atoms with E-state index in [0.29, 0.717) is 12.2 Å². The number of carbonyl (C=O) groups is 2. The van der Waals surface area contributed by atoms with Gasteiger partial charge in [-0.2, -0.15) is 0 Å². The minimum atomic E-state index is -0.645. The smallest absolute Gasteiger partial charge is 0.313 e. The van der Waals surface area contributed by atoms with Crippen LogP contribution in [-0.2, 0) is 22.6 Å². The minimum Gasteiger partial charge on any atom is -0.344 e. The molecule has 4 heteroatoms. The molecule has 0 heterocycles. The quantitative estimate of drug-likeness (QED) is 0.852. The van der Waals surface area contributed by atoms with E-state index >= 15 is 0 Å². The van der Waals surface area contributed by atoms with Gasteiger partial charge in [-0.1, -0.05) is 55.0 Å². The van der Waals surface area contributed by atoms with E-state index in [4.69, 9.17) is 0 Å². The Bertz CT molecular complexity index is 663. The number of amides is 2. The zero-order valence-corrected chi connectivity index (χ0v) is 12.8. The highest BCUT2D eigenvalue weighted by Gasteiger charge is 2.14. The van der Waals surface area contributed by atoms with Crippen LogP contribution in [-0.4, -0.2) is 11.8 Å². The number of aryl methyl sites for hydroxylation is 2. The summed E-state index contributed by atoms with van der Waals surface area (Å²) in [4.78, 5) is 23.8. The number of nitrogens with one attached hydrogen (secondary N) is 2. The Hall–Kier alpha value is -2.62. The Morgan fingerprint density at radius 2 is 1.64 bits per heavy atom. The summed E-state index contributed by atoms with van der Waals surface area (Å²) in [5.74, 6) is -1.28. The van der Waals surface area contributed by atoms with Gasteiger partial charge >= 0.3 is 11.8 Å². The van der Waals surface area contributed by atoms with E-state index < -0.39 is 11.8 Å². The summed E-state index contributed by atoms with van der Waals surface area (Å²) in [6.07, 6.45) is 0.793. The SMILES string of the molecule is CCc1ccccc1NC(=O)C(=O)NCc1ccc(C)cc1. The van der Waals surface area contributed by atoms with Crippen molar-refractivity contribution < 1.29 is 9.59 Å². The molecule has 0 fully saturated rings. The van der Waals surface area contributed by atoms with Gasteiger partial charge in [0, 0.05) is 12.2 Å². The molecule has 2 aromatic rings. The molecule has 2 amide bonds. The highest BCUT2D eigenvalue weighted by atomic mass is 16.2. The summed E-state index contributed by atoms with van der Waals surface area (Å²) < 4.78 is 0. The standard InChI is InChI=1S/C18H20N2O2/c1-3-15-6-4-5-7-16(15)20-18(22)17(21)19-12-14-10-8-13(2)9-11-14/h4-11H,3,12H2,1-2H3,(H,19,21)(H,20,22). The molecule has 0 spiro atoms. The third kappa shape index (κ3) is 4.19. The van der Waals surface area contributed by atoms with Crippen LogP contribution in [0, 0.1) is 6.92 Å². The largest absolute Gasteiger partial charge is 0.344 e. The van der Waals surface area contributed by atoms with Crippen molar-refractivity contribution in [3.63, 3.8) is 0 Å². The van der Waals surface area contributed by atoms with E-state index in [1.165, 1.54) is 0 Å². The normalized spacial score (nSPS) is 10.1. The van der Waals surface area contributed by atoms with Gasteiger partial charge in [-0.15, -0.1) is 0 Å². The number of carbonyl (C=O) groups excluding carboxylic acids is 2. The maximum absolute atomic E-state index is 11.9. The number of hydrogen-bond donors (Lipinski definition) is 2. The van der Waals surface area contributed by atoms with Crippen LogP contribution in [0.15, 0.2) is 48.5 Å². The predicted octanol–water partition coefficient (Wildman–Crippen LogP) is 2.81. The number of rotatable bonds is 4. The van der Waals surface area contributed by atoms with E-state index in [-0.39, 0.29) is 0 Å². The lowest BCUT2D eigenvalue weighted by Crippen LogP contribution is -2.35. The molecule has 0 aromatic heterocycles. The van der Waals surface area contributed by atoms with Gasteiger partial charge in [0.2, 0.25) is 0 Å². The summed E-state index contributed by atoms with van der Waals surface area (Å²) in [7, 11) is 0. The number of hydrogen-bond acceptors (Lipinski definition) is 2. The Morgan fingerprint density at radius 3 is 2.32 bits per heavy atom. The fourth-order valence-electron chi connectivity index (χ4n) is 2.10. The van der Waals surface area contributed by atoms with E-state index in [9.17, 15) is 9.59 Å². The molecule has 0 aliphatic carbocycles. The van der Waals surface area contributed by atoms with Crippen molar-refractivity contribution in [1.82, 2.24) is 5.32 Å². The summed E-state index contributed by atoms with van der Waals surface area (Å²) >= 11 is 0. The van der Waals surface area contributed by atoms with E-state index in [0.717, 1.165) is 23.1 Å². The minimum absolute atomic E-state index is 0.335. The van der Waals surface area contributed by atoms with Crippen LogP contribution in [0.4, 0.5) is 5.69 Å². The van der Waals surface area contributed by atoms with Crippen molar-refractivity contribution in [2.75, 3.05) is 5.32 Å². The fraction of sp³-hybridized carbons (Fsp3) is 0.222. The molecule has 0 aliphatic heterocycles. The Kier molecular flexibility index (Phi) is 5.31. The monoisotopic (exact) mass is 296 g/mol. The lowest BCUT2D eigenvalue weighted by Gasteiger charge is -2.10. The van der Waals surface area contributed by atoms with Crippen molar-refractivity contribution >= 4 is 17.5 Å². The molecule has 4 nitrogen and oxygen atoms in total. The first-order chi connectivity index (χ1) is 10.6. The van der Waals surface area contributed by atoms with Crippen molar-refractivity contribution in [3.8, 4) is 0 Å². The average molecular weight is 296 g/mol. The summed E-state index contributed by atoms with van der Waals surface area (Å²) in [5, 5.41) is 5.28. The van der Waals surface area contributed by atoms with Crippen LogP contribution >= 0.6 is 0 Å². The van der Waals surface area contributed by atoms with Crippen LogP contribution in [0.1, 0.15) is 23.6 Å². The summed E-state index contributed by atoms with van der Waals surface area (Å²) in [6.45, 7) is 4.34. The Morgan fingerprint density at radius 1 is 0.955 bits per heavy atom. The maximum Gasteiger partial charge on any atom is 0.313 e.